The summed E-state index contributed by atoms with van der Waals surface area (Å²) in [6, 6.07) is 0. The molecule has 0 saturated carbocycles. The van der Waals surface area contributed by atoms with Crippen molar-refractivity contribution in [2.75, 3.05) is 6.61 Å². The highest BCUT2D eigenvalue weighted by Gasteiger charge is 2.52. The fourth-order valence-corrected chi connectivity index (χ4v) is 5.65. The standard InChI is InChI=1S/C30H56O11S/c1-3-5-7-9-11-13-15-17-19-21-25(32)39-28-27(41-42(35,36)37)24(23-31)38-30(34)29(28)40-26(33)22-20-18-16-14-12-10-8-6-4-2/h24,27-31,34H,3-23H2,1-2H3,(H,35,36,37)/t24-,27-,28+,29-,30+/m1/s1. The Morgan fingerprint density at radius 3 is 1.40 bits per heavy atom. The molecule has 3 N–H and O–H groups in total. The third-order valence-electron chi connectivity index (χ3n) is 7.53. The molecule has 11 nitrogen and oxygen atoms in total. The van der Waals surface area contributed by atoms with Crippen LogP contribution in [0.15, 0.2) is 0 Å². The van der Waals surface area contributed by atoms with E-state index in [2.05, 4.69) is 18.0 Å². The third-order valence-corrected chi connectivity index (χ3v) is 7.99. The van der Waals surface area contributed by atoms with E-state index in [1.165, 1.54) is 51.4 Å². The van der Waals surface area contributed by atoms with Gasteiger partial charge < -0.3 is 24.4 Å². The number of esters is 2. The number of rotatable bonds is 25. The summed E-state index contributed by atoms with van der Waals surface area (Å²) in [7, 11) is -5.08. The number of hydrogen-bond acceptors (Lipinski definition) is 10. The first-order chi connectivity index (χ1) is 20.1. The zero-order valence-electron chi connectivity index (χ0n) is 25.8. The van der Waals surface area contributed by atoms with E-state index >= 15 is 0 Å². The first-order valence-electron chi connectivity index (χ1n) is 16.1. The molecule has 1 rings (SSSR count). The van der Waals surface area contributed by atoms with Crippen molar-refractivity contribution < 1.29 is 51.2 Å². The van der Waals surface area contributed by atoms with E-state index in [1.807, 2.05) is 0 Å². The highest BCUT2D eigenvalue weighted by Crippen LogP contribution is 2.29. The second kappa shape index (κ2) is 23.1. The van der Waals surface area contributed by atoms with E-state index in [-0.39, 0.29) is 12.8 Å². The number of aliphatic hydroxyl groups excluding tert-OH is 2. The Morgan fingerprint density at radius 2 is 1.02 bits per heavy atom. The molecule has 0 unspecified atom stereocenters. The molecule has 12 heteroatoms. The van der Waals surface area contributed by atoms with Crippen LogP contribution in [0.25, 0.3) is 0 Å². The number of ether oxygens (including phenoxy) is 3. The summed E-state index contributed by atoms with van der Waals surface area (Å²) < 4.78 is 53.2. The number of carbonyl (C=O) groups is 2. The molecule has 1 heterocycles. The highest BCUT2D eigenvalue weighted by molar-refractivity contribution is 7.80. The Kier molecular flexibility index (Phi) is 21.3. The lowest BCUT2D eigenvalue weighted by Crippen LogP contribution is -2.62. The molecule has 1 saturated heterocycles. The molecule has 5 atom stereocenters. The molecule has 1 aliphatic heterocycles. The molecule has 1 fully saturated rings. The molecule has 0 bridgehead atoms. The van der Waals surface area contributed by atoms with Gasteiger partial charge >= 0.3 is 22.3 Å². The molecule has 0 amide bonds. The van der Waals surface area contributed by atoms with Gasteiger partial charge in [0.15, 0.2) is 18.5 Å². The van der Waals surface area contributed by atoms with Crippen molar-refractivity contribution in [3.05, 3.63) is 0 Å². The van der Waals surface area contributed by atoms with Crippen LogP contribution in [0.2, 0.25) is 0 Å². The monoisotopic (exact) mass is 624 g/mol. The van der Waals surface area contributed by atoms with Crippen LogP contribution in [0, 0.1) is 0 Å². The zero-order chi connectivity index (χ0) is 31.2. The van der Waals surface area contributed by atoms with Gasteiger partial charge in [0.25, 0.3) is 0 Å². The molecule has 1 aliphatic rings. The topological polar surface area (TPSA) is 166 Å². The summed E-state index contributed by atoms with van der Waals surface area (Å²) in [5.41, 5.74) is 0. The second-order valence-corrected chi connectivity index (χ2v) is 12.3. The van der Waals surface area contributed by atoms with Crippen LogP contribution in [0.3, 0.4) is 0 Å². The molecular weight excluding hydrogens is 568 g/mol. The van der Waals surface area contributed by atoms with E-state index in [4.69, 9.17) is 14.2 Å². The van der Waals surface area contributed by atoms with Crippen LogP contribution in [-0.2, 0) is 38.4 Å². The van der Waals surface area contributed by atoms with Crippen LogP contribution in [-0.4, -0.2) is 72.4 Å². The normalized spacial score (nSPS) is 22.6. The van der Waals surface area contributed by atoms with Crippen LogP contribution >= 0.6 is 0 Å². The van der Waals surface area contributed by atoms with Gasteiger partial charge in [0, 0.05) is 12.8 Å². The first-order valence-corrected chi connectivity index (χ1v) is 17.5. The quantitative estimate of drug-likeness (QED) is 0.0662. The number of unbranched alkanes of at least 4 members (excludes halogenated alkanes) is 16. The first kappa shape index (κ1) is 38.7. The van der Waals surface area contributed by atoms with Crippen molar-refractivity contribution in [1.29, 1.82) is 0 Å². The van der Waals surface area contributed by atoms with Crippen molar-refractivity contribution in [3.63, 3.8) is 0 Å². The van der Waals surface area contributed by atoms with Gasteiger partial charge in [-0.1, -0.05) is 117 Å². The lowest BCUT2D eigenvalue weighted by Gasteiger charge is -2.42. The van der Waals surface area contributed by atoms with E-state index in [9.17, 15) is 32.8 Å². The van der Waals surface area contributed by atoms with Gasteiger partial charge in [-0.2, -0.15) is 8.42 Å². The van der Waals surface area contributed by atoms with Gasteiger partial charge in [-0.3, -0.25) is 14.1 Å². The molecular formula is C30H56O11S. The third kappa shape index (κ3) is 17.7. The predicted octanol–water partition coefficient (Wildman–Crippen LogP) is 5.55. The summed E-state index contributed by atoms with van der Waals surface area (Å²) in [5.74, 6) is -1.39. The Bertz CT molecular complexity index is 820. The zero-order valence-corrected chi connectivity index (χ0v) is 26.6. The number of aliphatic hydroxyl groups is 2. The van der Waals surface area contributed by atoms with Crippen LogP contribution in [0.5, 0.6) is 0 Å². The maximum Gasteiger partial charge on any atom is 0.397 e. The Labute approximate surface area is 253 Å². The Balaban J connectivity index is 2.67. The van der Waals surface area contributed by atoms with Gasteiger partial charge in [-0.25, -0.2) is 4.18 Å². The maximum atomic E-state index is 12.7. The average molecular weight is 625 g/mol. The average Bonchev–Trinajstić information content (AvgIpc) is 2.93. The fourth-order valence-electron chi connectivity index (χ4n) is 5.14. The lowest BCUT2D eigenvalue weighted by molar-refractivity contribution is -0.289. The molecule has 0 aromatic carbocycles. The van der Waals surface area contributed by atoms with Crippen LogP contribution < -0.4 is 0 Å². The van der Waals surface area contributed by atoms with Gasteiger partial charge in [0.2, 0.25) is 0 Å². The van der Waals surface area contributed by atoms with E-state index < -0.39 is 59.7 Å². The van der Waals surface area contributed by atoms with E-state index in [1.54, 1.807) is 0 Å². The maximum absolute atomic E-state index is 12.7. The lowest BCUT2D eigenvalue weighted by atomic mass is 9.98. The van der Waals surface area contributed by atoms with Crippen molar-refractivity contribution in [1.82, 2.24) is 0 Å². The predicted molar refractivity (Wildman–Crippen MR) is 158 cm³/mol. The minimum Gasteiger partial charge on any atom is -0.455 e. The van der Waals surface area contributed by atoms with Crippen molar-refractivity contribution in [3.8, 4) is 0 Å². The Hall–Kier alpha value is -1.31. The summed E-state index contributed by atoms with van der Waals surface area (Å²) in [5, 5.41) is 20.2. The minimum absolute atomic E-state index is 0.0186. The summed E-state index contributed by atoms with van der Waals surface area (Å²) >= 11 is 0. The summed E-state index contributed by atoms with van der Waals surface area (Å²) in [6.07, 6.45) is 10.7. The summed E-state index contributed by atoms with van der Waals surface area (Å²) in [6.45, 7) is 3.53. The van der Waals surface area contributed by atoms with E-state index in [0.29, 0.717) is 12.8 Å². The highest BCUT2D eigenvalue weighted by atomic mass is 32.3. The van der Waals surface area contributed by atoms with Crippen LogP contribution in [0.4, 0.5) is 0 Å². The Morgan fingerprint density at radius 1 is 0.643 bits per heavy atom. The molecule has 0 aliphatic carbocycles. The fraction of sp³-hybridized carbons (Fsp3) is 0.933. The second-order valence-electron chi connectivity index (χ2n) is 11.3. The van der Waals surface area contributed by atoms with Gasteiger partial charge in [-0.15, -0.1) is 0 Å². The minimum atomic E-state index is -5.08. The van der Waals surface area contributed by atoms with Crippen molar-refractivity contribution in [2.24, 2.45) is 0 Å². The largest absolute Gasteiger partial charge is 0.455 e. The number of hydrogen-bond donors (Lipinski definition) is 3. The molecule has 0 aromatic heterocycles. The van der Waals surface area contributed by atoms with E-state index in [0.717, 1.165) is 51.4 Å². The molecule has 0 radical (unpaired) electrons. The van der Waals surface area contributed by atoms with Gasteiger partial charge in [0.1, 0.15) is 12.2 Å². The molecule has 42 heavy (non-hydrogen) atoms. The number of carbonyl (C=O) groups excluding carboxylic acids is 2. The van der Waals surface area contributed by atoms with Crippen LogP contribution in [0.1, 0.15) is 142 Å². The molecule has 248 valence electrons. The van der Waals surface area contributed by atoms with Gasteiger partial charge in [0.05, 0.1) is 6.61 Å². The van der Waals surface area contributed by atoms with Gasteiger partial charge in [-0.05, 0) is 12.8 Å². The molecule has 0 spiro atoms. The molecule has 0 aromatic rings. The van der Waals surface area contributed by atoms with Crippen molar-refractivity contribution >= 4 is 22.3 Å². The SMILES string of the molecule is CCCCCCCCCCCC(=O)O[C@@H]1[C@@H](OC(=O)CCCCCCCCCCC)[C@@H](O)O[C@H](CO)[C@H]1OS(=O)(=O)O. The smallest absolute Gasteiger partial charge is 0.397 e. The van der Waals surface area contributed by atoms with Crippen molar-refractivity contribution in [2.45, 2.75) is 173 Å². The summed E-state index contributed by atoms with van der Waals surface area (Å²) in [4.78, 5) is 25.3.